The van der Waals surface area contributed by atoms with Crippen LogP contribution in [-0.2, 0) is 8.85 Å². The summed E-state index contributed by atoms with van der Waals surface area (Å²) in [6, 6.07) is 0. The zero-order valence-corrected chi connectivity index (χ0v) is 11.0. The van der Waals surface area contributed by atoms with Gasteiger partial charge in [0, 0.05) is 13.2 Å². The molecule has 1 unspecified atom stereocenters. The van der Waals surface area contributed by atoms with Crippen LogP contribution in [0, 0.1) is 5.92 Å². The van der Waals surface area contributed by atoms with E-state index in [1.807, 2.05) is 5.70 Å². The molecule has 84 valence electrons. The van der Waals surface area contributed by atoms with E-state index in [0.29, 0.717) is 5.92 Å². The third-order valence-electron chi connectivity index (χ3n) is 1.96. The maximum absolute atomic E-state index is 5.79. The summed E-state index contributed by atoms with van der Waals surface area (Å²) < 4.78 is 11.6. The van der Waals surface area contributed by atoms with Crippen LogP contribution in [-0.4, -0.2) is 21.8 Å². The zero-order valence-electron chi connectivity index (χ0n) is 10.0. The molecule has 0 spiro atoms. The quantitative estimate of drug-likeness (QED) is 0.458. The molecule has 0 aliphatic carbocycles. The first-order valence-electron chi connectivity index (χ1n) is 5.45. The molecule has 0 heterocycles. The van der Waals surface area contributed by atoms with Gasteiger partial charge >= 0.3 is 8.56 Å². The zero-order chi connectivity index (χ0) is 11.0. The molecule has 0 aromatic rings. The van der Waals surface area contributed by atoms with Crippen molar-refractivity contribution in [1.29, 1.82) is 0 Å². The topological polar surface area (TPSA) is 18.5 Å². The smallest absolute Gasteiger partial charge is 0.361 e. The van der Waals surface area contributed by atoms with Gasteiger partial charge in [-0.2, -0.15) is 0 Å². The monoisotopic (exact) mass is 216 g/mol. The van der Waals surface area contributed by atoms with Gasteiger partial charge in [0.1, 0.15) is 0 Å². The Kier molecular flexibility index (Phi) is 7.14. The van der Waals surface area contributed by atoms with Gasteiger partial charge < -0.3 is 8.85 Å². The standard InChI is InChI=1S/C11H24O2Si/c1-6-8-9-12-14(5,7-2)13-10-11(3)4/h7,11H,2,6,8-10H2,1,3-5H3. The predicted octanol–water partition coefficient (Wildman–Crippen LogP) is 3.27. The molecule has 0 radical (unpaired) electrons. The van der Waals surface area contributed by atoms with Gasteiger partial charge in [0.15, 0.2) is 0 Å². The van der Waals surface area contributed by atoms with Crippen molar-refractivity contribution in [2.24, 2.45) is 5.92 Å². The number of rotatable bonds is 8. The van der Waals surface area contributed by atoms with E-state index in [4.69, 9.17) is 8.85 Å². The maximum atomic E-state index is 5.79. The van der Waals surface area contributed by atoms with Crippen molar-refractivity contribution in [3.05, 3.63) is 12.3 Å². The normalized spacial score (nSPS) is 15.5. The van der Waals surface area contributed by atoms with Crippen molar-refractivity contribution >= 4 is 8.56 Å². The molecule has 2 nitrogen and oxygen atoms in total. The fourth-order valence-electron chi connectivity index (χ4n) is 0.911. The van der Waals surface area contributed by atoms with E-state index >= 15 is 0 Å². The highest BCUT2D eigenvalue weighted by molar-refractivity contribution is 6.71. The molecule has 14 heavy (non-hydrogen) atoms. The molecule has 0 aliphatic heterocycles. The van der Waals surface area contributed by atoms with Gasteiger partial charge in [-0.3, -0.25) is 0 Å². The molecule has 0 saturated carbocycles. The molecule has 0 fully saturated rings. The molecule has 1 atom stereocenters. The van der Waals surface area contributed by atoms with Gasteiger partial charge in [-0.15, -0.1) is 6.58 Å². The summed E-state index contributed by atoms with van der Waals surface area (Å²) in [5.74, 6) is 0.552. The van der Waals surface area contributed by atoms with Crippen LogP contribution in [0.2, 0.25) is 6.55 Å². The maximum Gasteiger partial charge on any atom is 0.361 e. The first-order chi connectivity index (χ1) is 6.54. The molecule has 0 rings (SSSR count). The fourth-order valence-corrected chi connectivity index (χ4v) is 2.44. The Balaban J connectivity index is 3.85. The van der Waals surface area contributed by atoms with Crippen LogP contribution in [0.25, 0.3) is 0 Å². The molecule has 0 bridgehead atoms. The summed E-state index contributed by atoms with van der Waals surface area (Å²) in [6.45, 7) is 13.9. The Labute approximate surface area is 89.6 Å². The number of hydrogen-bond acceptors (Lipinski definition) is 2. The van der Waals surface area contributed by atoms with Gasteiger partial charge in [-0.25, -0.2) is 0 Å². The van der Waals surface area contributed by atoms with Crippen LogP contribution in [0.4, 0.5) is 0 Å². The highest BCUT2D eigenvalue weighted by Crippen LogP contribution is 2.11. The molecule has 3 heteroatoms. The largest absolute Gasteiger partial charge is 0.391 e. The van der Waals surface area contributed by atoms with Gasteiger partial charge in [-0.1, -0.05) is 27.2 Å². The third-order valence-corrected chi connectivity index (χ3v) is 4.22. The molecule has 0 N–H and O–H groups in total. The molecule has 0 saturated heterocycles. The Morgan fingerprint density at radius 2 is 2.00 bits per heavy atom. The predicted molar refractivity (Wildman–Crippen MR) is 63.5 cm³/mol. The second-order valence-corrected chi connectivity index (χ2v) is 7.14. The van der Waals surface area contributed by atoms with Crippen LogP contribution >= 0.6 is 0 Å². The summed E-state index contributed by atoms with van der Waals surface area (Å²) in [5.41, 5.74) is 1.87. The Hall–Kier alpha value is -0.123. The lowest BCUT2D eigenvalue weighted by Gasteiger charge is -2.24. The van der Waals surface area contributed by atoms with E-state index in [9.17, 15) is 0 Å². The third kappa shape index (κ3) is 6.35. The van der Waals surface area contributed by atoms with Crippen molar-refractivity contribution in [2.45, 2.75) is 40.2 Å². The Morgan fingerprint density at radius 1 is 1.36 bits per heavy atom. The second kappa shape index (κ2) is 7.21. The molecule has 0 aliphatic rings. The van der Waals surface area contributed by atoms with Crippen molar-refractivity contribution in [1.82, 2.24) is 0 Å². The van der Waals surface area contributed by atoms with Crippen LogP contribution in [0.3, 0.4) is 0 Å². The number of hydrogen-bond donors (Lipinski definition) is 0. The van der Waals surface area contributed by atoms with Gasteiger partial charge in [0.25, 0.3) is 0 Å². The minimum atomic E-state index is -2.06. The first kappa shape index (κ1) is 13.9. The lowest BCUT2D eigenvalue weighted by atomic mass is 10.2. The van der Waals surface area contributed by atoms with Crippen LogP contribution in [0.15, 0.2) is 12.3 Å². The fraction of sp³-hybridized carbons (Fsp3) is 0.818. The SMILES string of the molecule is C=C[Si](C)(OCCCC)OCC(C)C. The average Bonchev–Trinajstić information content (AvgIpc) is 2.15. The molecular formula is C11H24O2Si. The van der Waals surface area contributed by atoms with Crippen molar-refractivity contribution in [3.8, 4) is 0 Å². The average molecular weight is 216 g/mol. The van der Waals surface area contributed by atoms with Gasteiger partial charge in [0.05, 0.1) is 0 Å². The van der Waals surface area contributed by atoms with Gasteiger partial charge in [-0.05, 0) is 24.6 Å². The first-order valence-corrected chi connectivity index (χ1v) is 7.85. The van der Waals surface area contributed by atoms with E-state index in [-0.39, 0.29) is 0 Å². The summed E-state index contributed by atoms with van der Waals surface area (Å²) in [5, 5.41) is 0. The minimum Gasteiger partial charge on any atom is -0.391 e. The number of unbranched alkanes of at least 4 members (excludes halogenated alkanes) is 1. The summed E-state index contributed by atoms with van der Waals surface area (Å²) in [4.78, 5) is 0. The van der Waals surface area contributed by atoms with Crippen LogP contribution < -0.4 is 0 Å². The van der Waals surface area contributed by atoms with E-state index < -0.39 is 8.56 Å². The summed E-state index contributed by atoms with van der Waals surface area (Å²) in [7, 11) is -2.06. The van der Waals surface area contributed by atoms with Crippen LogP contribution in [0.1, 0.15) is 33.6 Å². The molecule has 0 aromatic heterocycles. The van der Waals surface area contributed by atoms with E-state index in [1.54, 1.807) is 0 Å². The van der Waals surface area contributed by atoms with E-state index in [2.05, 4.69) is 33.9 Å². The second-order valence-electron chi connectivity index (χ2n) is 4.13. The van der Waals surface area contributed by atoms with Crippen molar-refractivity contribution < 1.29 is 8.85 Å². The Bertz CT molecular complexity index is 159. The van der Waals surface area contributed by atoms with E-state index in [0.717, 1.165) is 26.1 Å². The lowest BCUT2D eigenvalue weighted by molar-refractivity contribution is 0.165. The van der Waals surface area contributed by atoms with Crippen molar-refractivity contribution in [3.63, 3.8) is 0 Å². The summed E-state index contributed by atoms with van der Waals surface area (Å²) in [6.07, 6.45) is 2.26. The molecule has 0 amide bonds. The molecular weight excluding hydrogens is 192 g/mol. The highest BCUT2D eigenvalue weighted by Gasteiger charge is 2.27. The van der Waals surface area contributed by atoms with Crippen LogP contribution in [0.5, 0.6) is 0 Å². The van der Waals surface area contributed by atoms with E-state index in [1.165, 1.54) is 0 Å². The molecule has 0 aromatic carbocycles. The summed E-state index contributed by atoms with van der Waals surface area (Å²) >= 11 is 0. The van der Waals surface area contributed by atoms with Crippen molar-refractivity contribution in [2.75, 3.05) is 13.2 Å². The highest BCUT2D eigenvalue weighted by atomic mass is 28.4. The van der Waals surface area contributed by atoms with Gasteiger partial charge in [0.2, 0.25) is 0 Å². The minimum absolute atomic E-state index is 0.552. The lowest BCUT2D eigenvalue weighted by Crippen LogP contribution is -2.38. The Morgan fingerprint density at radius 3 is 2.43 bits per heavy atom.